The molecule has 1 aromatic heterocycles. The number of amides is 3. The number of nitrogens with zero attached hydrogens (tertiary/aromatic N) is 3. The van der Waals surface area contributed by atoms with Crippen LogP contribution in [0.25, 0.3) is 0 Å². The number of thiophene rings is 1. The molecule has 7 nitrogen and oxygen atoms in total. The normalized spacial score (nSPS) is 16.5. The van der Waals surface area contributed by atoms with E-state index in [0.29, 0.717) is 30.1 Å². The van der Waals surface area contributed by atoms with Gasteiger partial charge in [-0.2, -0.15) is 0 Å². The van der Waals surface area contributed by atoms with Crippen LogP contribution in [0.1, 0.15) is 31.2 Å². The van der Waals surface area contributed by atoms with Crippen molar-refractivity contribution in [1.29, 1.82) is 0 Å². The van der Waals surface area contributed by atoms with E-state index in [1.807, 2.05) is 0 Å². The number of carbonyl (C=O) groups excluding carboxylic acids is 3. The molecule has 0 N–H and O–H groups in total. The van der Waals surface area contributed by atoms with Crippen molar-refractivity contribution in [3.8, 4) is 5.75 Å². The summed E-state index contributed by atoms with van der Waals surface area (Å²) in [5.74, 6) is -0.891. The molecule has 0 unspecified atom stereocenters. The lowest BCUT2D eigenvalue weighted by Gasteiger charge is -2.28. The summed E-state index contributed by atoms with van der Waals surface area (Å²) in [5.41, 5.74) is 1.66. The van der Waals surface area contributed by atoms with Crippen LogP contribution in [0.2, 0.25) is 0 Å². The van der Waals surface area contributed by atoms with Gasteiger partial charge in [0.1, 0.15) is 23.1 Å². The summed E-state index contributed by atoms with van der Waals surface area (Å²) in [6.07, 6.45) is 0.501. The Kier molecular flexibility index (Phi) is 4.77. The first-order valence-corrected chi connectivity index (χ1v) is 9.92. The molecule has 152 valence electrons. The maximum absolute atomic E-state index is 13.8. The maximum Gasteiger partial charge on any atom is 0.257 e. The van der Waals surface area contributed by atoms with Crippen LogP contribution in [0.15, 0.2) is 18.2 Å². The molecule has 3 amide bonds. The van der Waals surface area contributed by atoms with Crippen LogP contribution in [0.4, 0.5) is 9.39 Å². The van der Waals surface area contributed by atoms with Gasteiger partial charge in [0.2, 0.25) is 5.91 Å². The van der Waals surface area contributed by atoms with Crippen LogP contribution < -0.4 is 9.64 Å². The van der Waals surface area contributed by atoms with Crippen molar-refractivity contribution in [2.24, 2.45) is 0 Å². The Morgan fingerprint density at radius 3 is 2.66 bits per heavy atom. The summed E-state index contributed by atoms with van der Waals surface area (Å²) in [6, 6.07) is 3.92. The molecule has 0 radical (unpaired) electrons. The quantitative estimate of drug-likeness (QED) is 0.751. The van der Waals surface area contributed by atoms with Gasteiger partial charge in [-0.1, -0.05) is 0 Å². The number of methoxy groups -OCH3 is 1. The van der Waals surface area contributed by atoms with Crippen molar-refractivity contribution in [2.75, 3.05) is 39.2 Å². The smallest absolute Gasteiger partial charge is 0.257 e. The van der Waals surface area contributed by atoms with Crippen molar-refractivity contribution in [2.45, 2.75) is 13.0 Å². The summed E-state index contributed by atoms with van der Waals surface area (Å²) in [4.78, 5) is 43.5. The standard InChI is InChI=1S/C20H20FN3O4S/c1-22-10-16(25)23(2)20-17(19(22)27)14-4-5-24(9-15(14)29-20)18(26)11-6-12(21)8-13(7-11)28-3/h6-8H,4-5,9-10H2,1-3H3. The highest BCUT2D eigenvalue weighted by atomic mass is 32.1. The Morgan fingerprint density at radius 1 is 1.17 bits per heavy atom. The molecular formula is C20H20FN3O4S. The minimum atomic E-state index is -0.540. The van der Waals surface area contributed by atoms with Gasteiger partial charge in [0, 0.05) is 37.1 Å². The molecule has 1 aromatic carbocycles. The molecule has 0 aliphatic carbocycles. The van der Waals surface area contributed by atoms with Crippen molar-refractivity contribution in [3.05, 3.63) is 45.6 Å². The number of ether oxygens (including phenoxy) is 1. The van der Waals surface area contributed by atoms with Gasteiger partial charge in [-0.25, -0.2) is 4.39 Å². The topological polar surface area (TPSA) is 70.2 Å². The molecule has 2 aliphatic rings. The number of hydrogen-bond donors (Lipinski definition) is 0. The minimum absolute atomic E-state index is 0.0392. The van der Waals surface area contributed by atoms with E-state index < -0.39 is 5.82 Å². The van der Waals surface area contributed by atoms with Crippen LogP contribution in [0, 0.1) is 5.82 Å². The van der Waals surface area contributed by atoms with Crippen molar-refractivity contribution >= 4 is 34.1 Å². The van der Waals surface area contributed by atoms with E-state index in [-0.39, 0.29) is 35.6 Å². The molecule has 9 heteroatoms. The predicted octanol–water partition coefficient (Wildman–Crippen LogP) is 2.14. The van der Waals surface area contributed by atoms with E-state index in [1.54, 1.807) is 19.0 Å². The SMILES string of the molecule is COc1cc(F)cc(C(=O)N2CCc3c(sc4c3C(=O)N(C)CC(=O)N4C)C2)c1. The molecule has 3 heterocycles. The molecule has 0 fully saturated rings. The first kappa shape index (κ1) is 19.4. The predicted molar refractivity (Wildman–Crippen MR) is 106 cm³/mol. The first-order chi connectivity index (χ1) is 13.8. The van der Waals surface area contributed by atoms with Crippen molar-refractivity contribution in [3.63, 3.8) is 0 Å². The number of likely N-dealkylation sites (N-methyl/N-ethyl adjacent to an activating group) is 2. The van der Waals surface area contributed by atoms with E-state index in [4.69, 9.17) is 4.74 Å². The molecule has 0 bridgehead atoms. The van der Waals surface area contributed by atoms with Gasteiger partial charge in [-0.15, -0.1) is 11.3 Å². The number of halogens is 1. The van der Waals surface area contributed by atoms with Gasteiger partial charge in [-0.05, 0) is 24.1 Å². The molecule has 0 saturated carbocycles. The molecule has 0 spiro atoms. The second-order valence-electron chi connectivity index (χ2n) is 7.15. The molecular weight excluding hydrogens is 397 g/mol. The van der Waals surface area contributed by atoms with Crippen molar-refractivity contribution in [1.82, 2.24) is 9.80 Å². The third-order valence-corrected chi connectivity index (χ3v) is 6.58. The zero-order valence-corrected chi connectivity index (χ0v) is 17.1. The molecule has 2 aromatic rings. The summed E-state index contributed by atoms with van der Waals surface area (Å²) in [7, 11) is 4.70. The number of anilines is 1. The van der Waals surface area contributed by atoms with Crippen LogP contribution >= 0.6 is 11.3 Å². The van der Waals surface area contributed by atoms with Gasteiger partial charge < -0.3 is 19.4 Å². The van der Waals surface area contributed by atoms with Gasteiger partial charge in [0.25, 0.3) is 11.8 Å². The van der Waals surface area contributed by atoms with E-state index in [1.165, 1.54) is 46.4 Å². The lowest BCUT2D eigenvalue weighted by Crippen LogP contribution is -2.37. The second kappa shape index (κ2) is 7.14. The second-order valence-corrected chi connectivity index (χ2v) is 8.24. The summed E-state index contributed by atoms with van der Waals surface area (Å²) in [6.45, 7) is 0.754. The minimum Gasteiger partial charge on any atom is -0.497 e. The van der Waals surface area contributed by atoms with E-state index >= 15 is 0 Å². The van der Waals surface area contributed by atoms with Gasteiger partial charge in [0.15, 0.2) is 0 Å². The molecule has 29 heavy (non-hydrogen) atoms. The zero-order chi connectivity index (χ0) is 20.9. The Balaban J connectivity index is 1.67. The summed E-state index contributed by atoms with van der Waals surface area (Å²) >= 11 is 1.36. The Bertz CT molecular complexity index is 1030. The van der Waals surface area contributed by atoms with Crippen molar-refractivity contribution < 1.29 is 23.5 Å². The fraction of sp³-hybridized carbons (Fsp3) is 0.350. The molecule has 0 atom stereocenters. The average Bonchev–Trinajstić information content (AvgIpc) is 3.06. The average molecular weight is 417 g/mol. The Morgan fingerprint density at radius 2 is 1.93 bits per heavy atom. The number of hydrogen-bond acceptors (Lipinski definition) is 5. The fourth-order valence-electron chi connectivity index (χ4n) is 3.69. The number of rotatable bonds is 2. The number of benzene rings is 1. The highest BCUT2D eigenvalue weighted by Crippen LogP contribution is 2.41. The Hall–Kier alpha value is -2.94. The molecule has 4 rings (SSSR count). The number of carbonyl (C=O) groups is 3. The monoisotopic (exact) mass is 417 g/mol. The first-order valence-electron chi connectivity index (χ1n) is 9.10. The third-order valence-electron chi connectivity index (χ3n) is 5.29. The van der Waals surface area contributed by atoms with E-state index in [2.05, 4.69) is 0 Å². The van der Waals surface area contributed by atoms with Crippen LogP contribution in [0.3, 0.4) is 0 Å². The van der Waals surface area contributed by atoms with Gasteiger partial charge >= 0.3 is 0 Å². The van der Waals surface area contributed by atoms with E-state index in [0.717, 1.165) is 10.4 Å². The highest BCUT2D eigenvalue weighted by Gasteiger charge is 2.36. The largest absolute Gasteiger partial charge is 0.497 e. The molecule has 0 saturated heterocycles. The zero-order valence-electron chi connectivity index (χ0n) is 16.3. The lowest BCUT2D eigenvalue weighted by molar-refractivity contribution is -0.118. The molecule has 2 aliphatic heterocycles. The number of fused-ring (bicyclic) bond motifs is 3. The van der Waals surface area contributed by atoms with Gasteiger partial charge in [-0.3, -0.25) is 14.4 Å². The van der Waals surface area contributed by atoms with Gasteiger partial charge in [0.05, 0.1) is 19.2 Å². The summed E-state index contributed by atoms with van der Waals surface area (Å²) in [5, 5.41) is 0.621. The highest BCUT2D eigenvalue weighted by molar-refractivity contribution is 7.17. The summed E-state index contributed by atoms with van der Waals surface area (Å²) < 4.78 is 18.9. The maximum atomic E-state index is 13.8. The lowest BCUT2D eigenvalue weighted by atomic mass is 10.0. The van der Waals surface area contributed by atoms with E-state index in [9.17, 15) is 18.8 Å². The fourth-order valence-corrected chi connectivity index (χ4v) is 5.02. The van der Waals surface area contributed by atoms with Crippen LogP contribution in [-0.4, -0.2) is 61.8 Å². The Labute approximate surface area is 171 Å². The van der Waals surface area contributed by atoms with Crippen LogP contribution in [0.5, 0.6) is 5.75 Å². The third kappa shape index (κ3) is 3.25. The van der Waals surface area contributed by atoms with Crippen LogP contribution in [-0.2, 0) is 17.8 Å².